The smallest absolute Gasteiger partial charge is 0.248 e. The lowest BCUT2D eigenvalue weighted by molar-refractivity contribution is 0.1000. The standard InChI is InChI=1S/C14H13FN2OS/c15-11-7-9(14(17)18)5-6-10(11)8-19-13-4-2-1-3-12(13)16/h1-7H,8,16H2,(H2,17,18). The number of amides is 1. The van der Waals surface area contributed by atoms with Gasteiger partial charge >= 0.3 is 0 Å². The molecule has 2 aromatic carbocycles. The number of hydrogen-bond donors (Lipinski definition) is 2. The zero-order valence-corrected chi connectivity index (χ0v) is 10.9. The highest BCUT2D eigenvalue weighted by Crippen LogP contribution is 2.28. The summed E-state index contributed by atoms with van der Waals surface area (Å²) in [6.07, 6.45) is 0. The monoisotopic (exact) mass is 276 g/mol. The molecule has 0 aliphatic carbocycles. The van der Waals surface area contributed by atoms with E-state index in [9.17, 15) is 9.18 Å². The number of carbonyl (C=O) groups excluding carboxylic acids is 1. The van der Waals surface area contributed by atoms with Crippen molar-refractivity contribution in [3.63, 3.8) is 0 Å². The molecule has 0 fully saturated rings. The van der Waals surface area contributed by atoms with Crippen LogP contribution in [0, 0.1) is 5.82 Å². The molecule has 0 aliphatic rings. The van der Waals surface area contributed by atoms with Gasteiger partial charge in [-0.1, -0.05) is 18.2 Å². The van der Waals surface area contributed by atoms with E-state index in [1.165, 1.54) is 17.8 Å². The Morgan fingerprint density at radius 1 is 1.21 bits per heavy atom. The second kappa shape index (κ2) is 5.75. The fourth-order valence-electron chi connectivity index (χ4n) is 1.59. The van der Waals surface area contributed by atoms with Gasteiger partial charge in [-0.25, -0.2) is 4.39 Å². The molecule has 4 N–H and O–H groups in total. The normalized spacial score (nSPS) is 10.4. The van der Waals surface area contributed by atoms with E-state index in [1.807, 2.05) is 18.2 Å². The van der Waals surface area contributed by atoms with Crippen molar-refractivity contribution in [2.24, 2.45) is 5.73 Å². The molecular formula is C14H13FN2OS. The van der Waals surface area contributed by atoms with Crippen molar-refractivity contribution in [2.45, 2.75) is 10.6 Å². The number of nitrogen functional groups attached to an aromatic ring is 1. The summed E-state index contributed by atoms with van der Waals surface area (Å²) in [5.41, 5.74) is 12.3. The fraction of sp³-hybridized carbons (Fsp3) is 0.0714. The fourth-order valence-corrected chi connectivity index (χ4v) is 2.54. The van der Waals surface area contributed by atoms with Crippen molar-refractivity contribution in [2.75, 3.05) is 5.73 Å². The van der Waals surface area contributed by atoms with Crippen LogP contribution in [0.15, 0.2) is 47.4 Å². The predicted octanol–water partition coefficient (Wildman–Crippen LogP) is 2.80. The number of anilines is 1. The number of para-hydroxylation sites is 1. The topological polar surface area (TPSA) is 69.1 Å². The Balaban J connectivity index is 2.12. The zero-order valence-electron chi connectivity index (χ0n) is 10.1. The van der Waals surface area contributed by atoms with Gasteiger partial charge in [-0.3, -0.25) is 4.79 Å². The number of halogens is 1. The van der Waals surface area contributed by atoms with E-state index < -0.39 is 11.7 Å². The summed E-state index contributed by atoms with van der Waals surface area (Å²) < 4.78 is 13.8. The highest BCUT2D eigenvalue weighted by Gasteiger charge is 2.08. The summed E-state index contributed by atoms with van der Waals surface area (Å²) in [6, 6.07) is 11.7. The second-order valence-corrected chi connectivity index (χ2v) is 5.01. The Kier molecular flexibility index (Phi) is 4.06. The largest absolute Gasteiger partial charge is 0.398 e. The van der Waals surface area contributed by atoms with Crippen LogP contribution in [0.1, 0.15) is 15.9 Å². The second-order valence-electron chi connectivity index (χ2n) is 4.00. The van der Waals surface area contributed by atoms with E-state index in [2.05, 4.69) is 0 Å². The third-order valence-corrected chi connectivity index (χ3v) is 3.78. The van der Waals surface area contributed by atoms with Gasteiger partial charge in [0.15, 0.2) is 0 Å². The van der Waals surface area contributed by atoms with Gasteiger partial charge in [0.2, 0.25) is 5.91 Å². The van der Waals surface area contributed by atoms with E-state index in [0.717, 1.165) is 11.0 Å². The molecule has 2 rings (SSSR count). The first kappa shape index (κ1) is 13.4. The Morgan fingerprint density at radius 2 is 1.95 bits per heavy atom. The van der Waals surface area contributed by atoms with Crippen molar-refractivity contribution in [3.05, 3.63) is 59.4 Å². The number of nitrogens with two attached hydrogens (primary N) is 2. The molecule has 2 aromatic rings. The summed E-state index contributed by atoms with van der Waals surface area (Å²) >= 11 is 1.45. The van der Waals surface area contributed by atoms with Gasteiger partial charge in [-0.2, -0.15) is 0 Å². The SMILES string of the molecule is NC(=O)c1ccc(CSc2ccccc2N)c(F)c1. The number of carbonyl (C=O) groups is 1. The van der Waals surface area contributed by atoms with Gasteiger partial charge in [-0.15, -0.1) is 11.8 Å². The van der Waals surface area contributed by atoms with Crippen LogP contribution in [0.3, 0.4) is 0 Å². The molecule has 0 bridgehead atoms. The first-order valence-electron chi connectivity index (χ1n) is 5.63. The molecule has 0 saturated carbocycles. The third kappa shape index (κ3) is 3.26. The average molecular weight is 276 g/mol. The van der Waals surface area contributed by atoms with Gasteiger partial charge in [-0.05, 0) is 29.8 Å². The zero-order chi connectivity index (χ0) is 13.8. The van der Waals surface area contributed by atoms with Crippen LogP contribution in [0.2, 0.25) is 0 Å². The summed E-state index contributed by atoms with van der Waals surface area (Å²) in [5, 5.41) is 0. The van der Waals surface area contributed by atoms with E-state index in [4.69, 9.17) is 11.5 Å². The molecule has 0 atom stereocenters. The molecule has 0 spiro atoms. The molecule has 98 valence electrons. The lowest BCUT2D eigenvalue weighted by Gasteiger charge is -2.06. The number of thioether (sulfide) groups is 1. The van der Waals surface area contributed by atoms with Crippen molar-refractivity contribution in [1.29, 1.82) is 0 Å². The van der Waals surface area contributed by atoms with Gasteiger partial charge < -0.3 is 11.5 Å². The lowest BCUT2D eigenvalue weighted by atomic mass is 10.1. The van der Waals surface area contributed by atoms with Crippen LogP contribution >= 0.6 is 11.8 Å². The molecule has 5 heteroatoms. The maximum atomic E-state index is 13.8. The van der Waals surface area contributed by atoms with Crippen LogP contribution in [-0.2, 0) is 5.75 Å². The van der Waals surface area contributed by atoms with E-state index in [1.54, 1.807) is 12.1 Å². The van der Waals surface area contributed by atoms with Gasteiger partial charge in [0.05, 0.1) is 0 Å². The van der Waals surface area contributed by atoms with Crippen molar-refractivity contribution in [1.82, 2.24) is 0 Å². The Hall–Kier alpha value is -2.01. The molecule has 0 aliphatic heterocycles. The Labute approximate surface area is 114 Å². The maximum absolute atomic E-state index is 13.8. The number of benzene rings is 2. The maximum Gasteiger partial charge on any atom is 0.248 e. The van der Waals surface area contributed by atoms with Crippen LogP contribution in [-0.4, -0.2) is 5.91 Å². The lowest BCUT2D eigenvalue weighted by Crippen LogP contribution is -2.11. The van der Waals surface area contributed by atoms with Crippen molar-refractivity contribution < 1.29 is 9.18 Å². The minimum absolute atomic E-state index is 0.172. The van der Waals surface area contributed by atoms with Gasteiger partial charge in [0, 0.05) is 21.9 Å². The molecule has 0 unspecified atom stereocenters. The molecular weight excluding hydrogens is 263 g/mol. The van der Waals surface area contributed by atoms with Crippen LogP contribution in [0.4, 0.5) is 10.1 Å². The van der Waals surface area contributed by atoms with E-state index >= 15 is 0 Å². The molecule has 1 amide bonds. The minimum atomic E-state index is -0.634. The minimum Gasteiger partial charge on any atom is -0.398 e. The van der Waals surface area contributed by atoms with Crippen LogP contribution < -0.4 is 11.5 Å². The first-order valence-corrected chi connectivity index (χ1v) is 6.62. The van der Waals surface area contributed by atoms with E-state index in [-0.39, 0.29) is 5.56 Å². The highest BCUT2D eigenvalue weighted by molar-refractivity contribution is 7.98. The molecule has 19 heavy (non-hydrogen) atoms. The number of rotatable bonds is 4. The number of hydrogen-bond acceptors (Lipinski definition) is 3. The molecule has 3 nitrogen and oxygen atoms in total. The first-order chi connectivity index (χ1) is 9.08. The summed E-state index contributed by atoms with van der Waals surface area (Å²) in [7, 11) is 0. The Morgan fingerprint density at radius 3 is 2.58 bits per heavy atom. The summed E-state index contributed by atoms with van der Waals surface area (Å²) in [4.78, 5) is 11.8. The molecule has 0 radical (unpaired) electrons. The van der Waals surface area contributed by atoms with Crippen molar-refractivity contribution in [3.8, 4) is 0 Å². The molecule has 0 aromatic heterocycles. The molecule has 0 heterocycles. The number of primary amides is 1. The average Bonchev–Trinajstić information content (AvgIpc) is 2.39. The molecule has 0 saturated heterocycles. The van der Waals surface area contributed by atoms with E-state index in [0.29, 0.717) is 17.0 Å². The van der Waals surface area contributed by atoms with Crippen LogP contribution in [0.25, 0.3) is 0 Å². The van der Waals surface area contributed by atoms with Crippen LogP contribution in [0.5, 0.6) is 0 Å². The quantitative estimate of drug-likeness (QED) is 0.666. The Bertz CT molecular complexity index is 616. The van der Waals surface area contributed by atoms with Gasteiger partial charge in [0.1, 0.15) is 5.82 Å². The van der Waals surface area contributed by atoms with Gasteiger partial charge in [0.25, 0.3) is 0 Å². The predicted molar refractivity (Wildman–Crippen MR) is 75.3 cm³/mol. The summed E-state index contributed by atoms with van der Waals surface area (Å²) in [5.74, 6) is -0.622. The summed E-state index contributed by atoms with van der Waals surface area (Å²) in [6.45, 7) is 0. The van der Waals surface area contributed by atoms with Crippen molar-refractivity contribution >= 4 is 23.4 Å². The highest BCUT2D eigenvalue weighted by atomic mass is 32.2. The third-order valence-electron chi connectivity index (χ3n) is 2.64.